The predicted molar refractivity (Wildman–Crippen MR) is 64.2 cm³/mol. The van der Waals surface area contributed by atoms with Crippen molar-refractivity contribution in [3.63, 3.8) is 0 Å². The molecule has 0 unspecified atom stereocenters. The molecule has 0 aliphatic carbocycles. The Balaban J connectivity index is 1.98. The van der Waals surface area contributed by atoms with Gasteiger partial charge in [-0.3, -0.25) is 4.79 Å². The van der Waals surface area contributed by atoms with E-state index in [9.17, 15) is 4.79 Å². The Bertz CT molecular complexity index is 590. The van der Waals surface area contributed by atoms with E-state index in [1.165, 1.54) is 13.3 Å². The Morgan fingerprint density at radius 2 is 2.41 bits per heavy atom. The van der Waals surface area contributed by atoms with Crippen molar-refractivity contribution in [1.29, 1.82) is 0 Å². The maximum absolute atomic E-state index is 10.6. The third kappa shape index (κ3) is 3.08. The van der Waals surface area contributed by atoms with Gasteiger partial charge in [0.25, 0.3) is 0 Å². The summed E-state index contributed by atoms with van der Waals surface area (Å²) < 4.78 is 5.14. The number of nitrogens with zero attached hydrogens (tertiary/aromatic N) is 1. The molecule has 4 nitrogen and oxygen atoms in total. The smallest absolute Gasteiger partial charge is 0.216 e. The third-order valence-electron chi connectivity index (χ3n) is 2.19. The van der Waals surface area contributed by atoms with Crippen molar-refractivity contribution in [2.45, 2.75) is 13.3 Å². The molecule has 0 aliphatic rings. The molecule has 1 aromatic heterocycles. The first-order valence-corrected chi connectivity index (χ1v) is 5.32. The highest BCUT2D eigenvalue weighted by molar-refractivity contribution is 5.74. The number of rotatable bonds is 2. The minimum Gasteiger partial charge on any atom is -0.443 e. The third-order valence-corrected chi connectivity index (χ3v) is 2.19. The molecule has 2 aromatic rings. The van der Waals surface area contributed by atoms with Gasteiger partial charge in [0, 0.05) is 25.5 Å². The summed E-state index contributed by atoms with van der Waals surface area (Å²) in [5.74, 6) is 5.98. The van der Waals surface area contributed by atoms with Crippen LogP contribution in [0.3, 0.4) is 0 Å². The minimum absolute atomic E-state index is 0.0317. The van der Waals surface area contributed by atoms with Crippen molar-refractivity contribution in [3.05, 3.63) is 30.2 Å². The van der Waals surface area contributed by atoms with Crippen LogP contribution in [0.5, 0.6) is 0 Å². The van der Waals surface area contributed by atoms with Crippen LogP contribution >= 0.6 is 0 Å². The van der Waals surface area contributed by atoms with Gasteiger partial charge in [0.1, 0.15) is 5.52 Å². The predicted octanol–water partition coefficient (Wildman–Crippen LogP) is 1.71. The van der Waals surface area contributed by atoms with Crippen molar-refractivity contribution < 1.29 is 9.21 Å². The second-order valence-corrected chi connectivity index (χ2v) is 3.57. The molecule has 1 heterocycles. The first-order valence-electron chi connectivity index (χ1n) is 5.32. The first-order chi connectivity index (χ1) is 8.25. The van der Waals surface area contributed by atoms with E-state index < -0.39 is 0 Å². The number of oxazole rings is 1. The summed E-state index contributed by atoms with van der Waals surface area (Å²) in [5.41, 5.74) is 2.46. The molecule has 4 heteroatoms. The fraction of sp³-hybridized carbons (Fsp3) is 0.231. The van der Waals surface area contributed by atoms with E-state index in [0.29, 0.717) is 13.0 Å². The molecule has 0 saturated heterocycles. The van der Waals surface area contributed by atoms with Crippen LogP contribution in [0.4, 0.5) is 0 Å². The molecule has 0 atom stereocenters. The van der Waals surface area contributed by atoms with Gasteiger partial charge in [-0.1, -0.05) is 11.8 Å². The lowest BCUT2D eigenvalue weighted by Gasteiger charge is -1.94. The maximum Gasteiger partial charge on any atom is 0.216 e. The standard InChI is InChI=1S/C13H12N2O2/c1-10(16)14-7-3-2-4-11-5-6-13-12(8-11)15-9-17-13/h5-6,8-9H,3,7H2,1H3,(H,14,16). The zero-order valence-electron chi connectivity index (χ0n) is 9.49. The van der Waals surface area contributed by atoms with E-state index >= 15 is 0 Å². The van der Waals surface area contributed by atoms with E-state index in [-0.39, 0.29) is 5.91 Å². The topological polar surface area (TPSA) is 55.1 Å². The van der Waals surface area contributed by atoms with Crippen LogP contribution < -0.4 is 5.32 Å². The van der Waals surface area contributed by atoms with Gasteiger partial charge in [0.15, 0.2) is 12.0 Å². The molecule has 0 aliphatic heterocycles. The average Bonchev–Trinajstić information content (AvgIpc) is 2.75. The molecule has 0 fully saturated rings. The zero-order chi connectivity index (χ0) is 12.1. The summed E-state index contributed by atoms with van der Waals surface area (Å²) in [7, 11) is 0. The van der Waals surface area contributed by atoms with Gasteiger partial charge in [-0.05, 0) is 18.2 Å². The Morgan fingerprint density at radius 1 is 1.53 bits per heavy atom. The first kappa shape index (κ1) is 11.2. The highest BCUT2D eigenvalue weighted by atomic mass is 16.3. The van der Waals surface area contributed by atoms with Gasteiger partial charge in [-0.15, -0.1) is 0 Å². The van der Waals surface area contributed by atoms with E-state index in [4.69, 9.17) is 4.42 Å². The lowest BCUT2D eigenvalue weighted by atomic mass is 10.2. The molecule has 17 heavy (non-hydrogen) atoms. The molecule has 1 amide bonds. The van der Waals surface area contributed by atoms with Gasteiger partial charge < -0.3 is 9.73 Å². The van der Waals surface area contributed by atoms with Crippen molar-refractivity contribution in [2.24, 2.45) is 0 Å². The molecule has 1 N–H and O–H groups in total. The molecule has 0 saturated carbocycles. The van der Waals surface area contributed by atoms with Crippen LogP contribution in [0.15, 0.2) is 29.0 Å². The van der Waals surface area contributed by atoms with Crippen molar-refractivity contribution in [1.82, 2.24) is 10.3 Å². The normalized spacial score (nSPS) is 9.71. The molecule has 0 spiro atoms. The van der Waals surface area contributed by atoms with E-state index in [1.54, 1.807) is 0 Å². The number of hydrogen-bond donors (Lipinski definition) is 1. The number of hydrogen-bond acceptors (Lipinski definition) is 3. The summed E-state index contributed by atoms with van der Waals surface area (Å²) in [5, 5.41) is 2.69. The average molecular weight is 228 g/mol. The van der Waals surface area contributed by atoms with Crippen LogP contribution in [0.2, 0.25) is 0 Å². The zero-order valence-corrected chi connectivity index (χ0v) is 9.49. The Morgan fingerprint density at radius 3 is 3.24 bits per heavy atom. The highest BCUT2D eigenvalue weighted by Gasteiger charge is 1.97. The van der Waals surface area contributed by atoms with Crippen molar-refractivity contribution >= 4 is 17.0 Å². The molecular weight excluding hydrogens is 216 g/mol. The van der Waals surface area contributed by atoms with Gasteiger partial charge in [-0.25, -0.2) is 4.98 Å². The summed E-state index contributed by atoms with van der Waals surface area (Å²) >= 11 is 0. The van der Waals surface area contributed by atoms with Gasteiger partial charge in [0.2, 0.25) is 5.91 Å². The van der Waals surface area contributed by atoms with Crippen LogP contribution in [-0.2, 0) is 4.79 Å². The SMILES string of the molecule is CC(=O)NCCC#Cc1ccc2ocnc2c1. The Labute approximate surface area is 99.0 Å². The maximum atomic E-state index is 10.6. The molecular formula is C13H12N2O2. The number of amides is 1. The quantitative estimate of drug-likeness (QED) is 0.628. The fourth-order valence-electron chi connectivity index (χ4n) is 1.40. The summed E-state index contributed by atoms with van der Waals surface area (Å²) in [6.07, 6.45) is 2.05. The minimum atomic E-state index is -0.0317. The molecule has 0 bridgehead atoms. The van der Waals surface area contributed by atoms with E-state index in [1.807, 2.05) is 18.2 Å². The van der Waals surface area contributed by atoms with Crippen molar-refractivity contribution in [2.75, 3.05) is 6.54 Å². The Hall–Kier alpha value is -2.28. The fourth-order valence-corrected chi connectivity index (χ4v) is 1.40. The number of fused-ring (bicyclic) bond motifs is 1. The summed E-state index contributed by atoms with van der Waals surface area (Å²) in [6, 6.07) is 5.61. The molecule has 86 valence electrons. The Kier molecular flexibility index (Phi) is 3.41. The van der Waals surface area contributed by atoms with Crippen LogP contribution in [-0.4, -0.2) is 17.4 Å². The lowest BCUT2D eigenvalue weighted by molar-refractivity contribution is -0.118. The summed E-state index contributed by atoms with van der Waals surface area (Å²) in [6.45, 7) is 2.07. The van der Waals surface area contributed by atoms with E-state index in [2.05, 4.69) is 22.1 Å². The largest absolute Gasteiger partial charge is 0.443 e. The van der Waals surface area contributed by atoms with Gasteiger partial charge in [0.05, 0.1) is 0 Å². The molecule has 0 radical (unpaired) electrons. The van der Waals surface area contributed by atoms with Crippen LogP contribution in [0.1, 0.15) is 18.9 Å². The molecule has 2 rings (SSSR count). The summed E-state index contributed by atoms with van der Waals surface area (Å²) in [4.78, 5) is 14.7. The van der Waals surface area contributed by atoms with Crippen molar-refractivity contribution in [3.8, 4) is 11.8 Å². The van der Waals surface area contributed by atoms with Crippen LogP contribution in [0.25, 0.3) is 11.1 Å². The monoisotopic (exact) mass is 228 g/mol. The van der Waals surface area contributed by atoms with Gasteiger partial charge >= 0.3 is 0 Å². The highest BCUT2D eigenvalue weighted by Crippen LogP contribution is 2.13. The lowest BCUT2D eigenvalue weighted by Crippen LogP contribution is -2.20. The van der Waals surface area contributed by atoms with Gasteiger partial charge in [-0.2, -0.15) is 0 Å². The molecule has 1 aromatic carbocycles. The number of carbonyl (C=O) groups excluding carboxylic acids is 1. The van der Waals surface area contributed by atoms with Crippen LogP contribution in [0, 0.1) is 11.8 Å². The number of benzene rings is 1. The number of nitrogens with one attached hydrogen (secondary N) is 1. The number of aromatic nitrogens is 1. The van der Waals surface area contributed by atoms with E-state index in [0.717, 1.165) is 16.7 Å². The second-order valence-electron chi connectivity index (χ2n) is 3.57. The number of carbonyl (C=O) groups is 1. The second kappa shape index (κ2) is 5.17.